The lowest BCUT2D eigenvalue weighted by Gasteiger charge is -2.36. The quantitative estimate of drug-likeness (QED) is 0.872. The van der Waals surface area contributed by atoms with Crippen molar-refractivity contribution in [1.29, 1.82) is 0 Å². The molecule has 1 unspecified atom stereocenters. The van der Waals surface area contributed by atoms with Gasteiger partial charge in [0.2, 0.25) is 5.75 Å². The van der Waals surface area contributed by atoms with Gasteiger partial charge in [-0.25, -0.2) is 4.98 Å². The van der Waals surface area contributed by atoms with Crippen LogP contribution >= 0.6 is 12.4 Å². The van der Waals surface area contributed by atoms with Crippen LogP contribution in [0, 0.1) is 0 Å². The molecule has 7 nitrogen and oxygen atoms in total. The molecule has 0 aliphatic carbocycles. The molecule has 0 radical (unpaired) electrons. The second-order valence-corrected chi connectivity index (χ2v) is 6.41. The summed E-state index contributed by atoms with van der Waals surface area (Å²) >= 11 is 0. The smallest absolute Gasteiger partial charge is 0.203 e. The lowest BCUT2D eigenvalue weighted by atomic mass is 10.1. The van der Waals surface area contributed by atoms with Crippen LogP contribution in [0.25, 0.3) is 0 Å². The minimum Gasteiger partial charge on any atom is -0.493 e. The molecule has 1 aromatic carbocycles. The van der Waals surface area contributed by atoms with E-state index in [1.165, 1.54) is 0 Å². The van der Waals surface area contributed by atoms with E-state index in [1.807, 2.05) is 25.5 Å². The van der Waals surface area contributed by atoms with Crippen LogP contribution in [-0.2, 0) is 13.6 Å². The summed E-state index contributed by atoms with van der Waals surface area (Å²) in [5, 5.41) is 3.47. The predicted octanol–water partition coefficient (Wildman–Crippen LogP) is 1.77. The Morgan fingerprint density at radius 1 is 1.31 bits per heavy atom. The SMILES string of the molecule is COc1cc(CN2CCNCC2c2nccn2C)cc2c1OCCO2.Cl. The van der Waals surface area contributed by atoms with Crippen molar-refractivity contribution in [2.24, 2.45) is 7.05 Å². The van der Waals surface area contributed by atoms with Crippen molar-refractivity contribution < 1.29 is 14.2 Å². The van der Waals surface area contributed by atoms with Gasteiger partial charge in [-0.2, -0.15) is 0 Å². The summed E-state index contributed by atoms with van der Waals surface area (Å²) in [5.41, 5.74) is 1.15. The fraction of sp³-hybridized carbons (Fsp3) is 0.500. The summed E-state index contributed by atoms with van der Waals surface area (Å²) < 4.78 is 19.1. The molecule has 8 heteroatoms. The van der Waals surface area contributed by atoms with E-state index in [-0.39, 0.29) is 18.4 Å². The lowest BCUT2D eigenvalue weighted by molar-refractivity contribution is 0.142. The number of fused-ring (bicyclic) bond motifs is 1. The maximum Gasteiger partial charge on any atom is 0.203 e. The number of ether oxygens (including phenoxy) is 3. The summed E-state index contributed by atoms with van der Waals surface area (Å²) in [6.07, 6.45) is 3.85. The van der Waals surface area contributed by atoms with Gasteiger partial charge in [-0.05, 0) is 17.7 Å². The average Bonchev–Trinajstić information content (AvgIpc) is 3.07. The van der Waals surface area contributed by atoms with E-state index in [0.29, 0.717) is 19.0 Å². The molecule has 2 aliphatic heterocycles. The lowest BCUT2D eigenvalue weighted by Crippen LogP contribution is -2.46. The zero-order valence-electron chi connectivity index (χ0n) is 15.1. The molecule has 26 heavy (non-hydrogen) atoms. The van der Waals surface area contributed by atoms with Crippen molar-refractivity contribution in [3.05, 3.63) is 35.9 Å². The second kappa shape index (κ2) is 8.16. The monoisotopic (exact) mass is 380 g/mol. The highest BCUT2D eigenvalue weighted by atomic mass is 35.5. The van der Waals surface area contributed by atoms with Crippen LogP contribution in [0.15, 0.2) is 24.5 Å². The molecule has 1 atom stereocenters. The Kier molecular flexibility index (Phi) is 5.90. The minimum atomic E-state index is 0. The summed E-state index contributed by atoms with van der Waals surface area (Å²) in [5.74, 6) is 3.29. The van der Waals surface area contributed by atoms with E-state index in [0.717, 1.165) is 49.1 Å². The molecule has 0 amide bonds. The van der Waals surface area contributed by atoms with Gasteiger partial charge in [-0.15, -0.1) is 12.4 Å². The molecule has 2 aliphatic rings. The Labute approximate surface area is 159 Å². The van der Waals surface area contributed by atoms with Crippen LogP contribution in [0.4, 0.5) is 0 Å². The van der Waals surface area contributed by atoms with E-state index in [2.05, 4.69) is 25.8 Å². The van der Waals surface area contributed by atoms with Crippen molar-refractivity contribution in [2.75, 3.05) is 40.0 Å². The molecule has 2 aromatic rings. The first-order valence-electron chi connectivity index (χ1n) is 8.65. The highest BCUT2D eigenvalue weighted by molar-refractivity contribution is 5.85. The standard InChI is InChI=1S/C18H24N4O3.ClH/c1-21-5-4-20-18(21)14-11-19-3-6-22(14)12-13-9-15(23-2)17-16(10-13)24-7-8-25-17;/h4-5,9-10,14,19H,3,6-8,11-12H2,1-2H3;1H. The third-order valence-electron chi connectivity index (χ3n) is 4.78. The molecule has 0 bridgehead atoms. The molecule has 3 heterocycles. The highest BCUT2D eigenvalue weighted by Crippen LogP contribution is 2.41. The summed E-state index contributed by atoms with van der Waals surface area (Å²) in [6, 6.07) is 4.35. The van der Waals surface area contributed by atoms with Gasteiger partial charge >= 0.3 is 0 Å². The number of benzene rings is 1. The van der Waals surface area contributed by atoms with Gasteiger partial charge in [0.25, 0.3) is 0 Å². The van der Waals surface area contributed by atoms with Crippen LogP contribution in [0.2, 0.25) is 0 Å². The van der Waals surface area contributed by atoms with Gasteiger partial charge in [0.05, 0.1) is 13.2 Å². The van der Waals surface area contributed by atoms with Crippen LogP contribution in [0.1, 0.15) is 17.4 Å². The molecule has 1 saturated heterocycles. The van der Waals surface area contributed by atoms with E-state index < -0.39 is 0 Å². The molecule has 4 rings (SSSR count). The van der Waals surface area contributed by atoms with Gasteiger partial charge in [0.1, 0.15) is 19.0 Å². The van der Waals surface area contributed by atoms with Gasteiger partial charge in [-0.1, -0.05) is 0 Å². The molecule has 0 saturated carbocycles. The maximum absolute atomic E-state index is 5.76. The topological polar surface area (TPSA) is 60.8 Å². The number of imidazole rings is 1. The third-order valence-corrected chi connectivity index (χ3v) is 4.78. The Hall–Kier alpha value is -1.96. The van der Waals surface area contributed by atoms with E-state index >= 15 is 0 Å². The molecule has 1 N–H and O–H groups in total. The number of methoxy groups -OCH3 is 1. The van der Waals surface area contributed by atoms with E-state index in [9.17, 15) is 0 Å². The largest absolute Gasteiger partial charge is 0.493 e. The van der Waals surface area contributed by atoms with Crippen LogP contribution in [0.5, 0.6) is 17.2 Å². The summed E-state index contributed by atoms with van der Waals surface area (Å²) in [6.45, 7) is 4.78. The van der Waals surface area contributed by atoms with Crippen molar-refractivity contribution in [2.45, 2.75) is 12.6 Å². The number of aryl methyl sites for hydroxylation is 1. The number of hydrogen-bond acceptors (Lipinski definition) is 6. The third kappa shape index (κ3) is 3.60. The number of halogens is 1. The van der Waals surface area contributed by atoms with E-state index in [4.69, 9.17) is 14.2 Å². The zero-order chi connectivity index (χ0) is 17.2. The molecular weight excluding hydrogens is 356 g/mol. The fourth-order valence-electron chi connectivity index (χ4n) is 3.54. The number of piperazine rings is 1. The molecule has 142 valence electrons. The zero-order valence-corrected chi connectivity index (χ0v) is 15.9. The predicted molar refractivity (Wildman–Crippen MR) is 100 cm³/mol. The first kappa shape index (κ1) is 18.8. The van der Waals surface area contributed by atoms with Crippen molar-refractivity contribution >= 4 is 12.4 Å². The number of hydrogen-bond donors (Lipinski definition) is 1. The summed E-state index contributed by atoms with van der Waals surface area (Å²) in [7, 11) is 3.71. The van der Waals surface area contributed by atoms with Crippen molar-refractivity contribution in [1.82, 2.24) is 19.8 Å². The molecule has 1 aromatic heterocycles. The first-order chi connectivity index (χ1) is 12.3. The molecular formula is C18H25ClN4O3. The van der Waals surface area contributed by atoms with Crippen molar-refractivity contribution in [3.8, 4) is 17.2 Å². The minimum absolute atomic E-state index is 0. The van der Waals surface area contributed by atoms with Crippen LogP contribution in [0.3, 0.4) is 0 Å². The number of rotatable bonds is 4. The number of nitrogens with one attached hydrogen (secondary N) is 1. The van der Waals surface area contributed by atoms with Gasteiger partial charge in [0.15, 0.2) is 11.5 Å². The number of aromatic nitrogens is 2. The highest BCUT2D eigenvalue weighted by Gasteiger charge is 2.28. The molecule has 0 spiro atoms. The van der Waals surface area contributed by atoms with Crippen LogP contribution < -0.4 is 19.5 Å². The number of nitrogens with zero attached hydrogens (tertiary/aromatic N) is 3. The Bertz CT molecular complexity index is 735. The normalized spacial score (nSPS) is 19.7. The maximum atomic E-state index is 5.76. The Morgan fingerprint density at radius 2 is 2.15 bits per heavy atom. The molecule has 1 fully saturated rings. The van der Waals surface area contributed by atoms with Gasteiger partial charge in [-0.3, -0.25) is 4.90 Å². The fourth-order valence-corrected chi connectivity index (χ4v) is 3.54. The van der Waals surface area contributed by atoms with Crippen molar-refractivity contribution in [3.63, 3.8) is 0 Å². The van der Waals surface area contributed by atoms with Gasteiger partial charge < -0.3 is 24.1 Å². The van der Waals surface area contributed by atoms with Crippen LogP contribution in [-0.4, -0.2) is 54.4 Å². The summed E-state index contributed by atoms with van der Waals surface area (Å²) in [4.78, 5) is 7.00. The first-order valence-corrected chi connectivity index (χ1v) is 8.65. The average molecular weight is 381 g/mol. The van der Waals surface area contributed by atoms with Gasteiger partial charge in [0, 0.05) is 45.6 Å². The van der Waals surface area contributed by atoms with E-state index in [1.54, 1.807) is 7.11 Å². The second-order valence-electron chi connectivity index (χ2n) is 6.41. The Balaban J connectivity index is 0.00000196. The Morgan fingerprint density at radius 3 is 2.92 bits per heavy atom.